The topological polar surface area (TPSA) is 69.3 Å². The number of aryl methyl sites for hydroxylation is 2. The van der Waals surface area contributed by atoms with Gasteiger partial charge in [0.05, 0.1) is 0 Å². The molecule has 2 aromatic heterocycles. The van der Waals surface area contributed by atoms with Crippen molar-refractivity contribution in [2.45, 2.75) is 26.5 Å². The summed E-state index contributed by atoms with van der Waals surface area (Å²) in [6.07, 6.45) is 2.58. The Bertz CT molecular complexity index is 855. The molecule has 0 spiro atoms. The predicted molar refractivity (Wildman–Crippen MR) is 106 cm³/mol. The average molecular weight is 465 g/mol. The molecule has 6 nitrogen and oxygen atoms in total. The van der Waals surface area contributed by atoms with Gasteiger partial charge in [-0.1, -0.05) is 0 Å². The first kappa shape index (κ1) is 18.5. The van der Waals surface area contributed by atoms with Crippen molar-refractivity contribution >= 4 is 28.5 Å². The van der Waals surface area contributed by atoms with Gasteiger partial charge in [-0.25, -0.2) is 0 Å². The molecular weight excluding hydrogens is 445 g/mol. The Morgan fingerprint density at radius 1 is 1.23 bits per heavy atom. The summed E-state index contributed by atoms with van der Waals surface area (Å²) in [5, 5.41) is 7.07. The van der Waals surface area contributed by atoms with E-state index < -0.39 is 0 Å². The fourth-order valence-electron chi connectivity index (χ4n) is 2.41. The highest BCUT2D eigenvalue weighted by atomic mass is 127. The van der Waals surface area contributed by atoms with Crippen molar-refractivity contribution in [2.75, 3.05) is 6.54 Å². The molecule has 3 aromatic rings. The summed E-state index contributed by atoms with van der Waals surface area (Å²) >= 11 is 2.24. The van der Waals surface area contributed by atoms with E-state index in [2.05, 4.69) is 33.0 Å². The van der Waals surface area contributed by atoms with Gasteiger partial charge in [-0.2, -0.15) is 5.10 Å². The number of furan rings is 1. The lowest BCUT2D eigenvalue weighted by atomic mass is 10.3. The van der Waals surface area contributed by atoms with Gasteiger partial charge in [0.1, 0.15) is 18.1 Å². The molecular formula is C19H20IN3O3. The van der Waals surface area contributed by atoms with E-state index in [1.807, 2.05) is 41.9 Å². The number of nitrogens with zero attached hydrogens (tertiary/aromatic N) is 2. The summed E-state index contributed by atoms with van der Waals surface area (Å²) in [5.41, 5.74) is 1.11. The number of hydrogen-bond donors (Lipinski definition) is 1. The van der Waals surface area contributed by atoms with E-state index in [-0.39, 0.29) is 12.5 Å². The molecule has 0 bridgehead atoms. The van der Waals surface area contributed by atoms with Gasteiger partial charge in [0.2, 0.25) is 0 Å². The molecule has 0 fully saturated rings. The van der Waals surface area contributed by atoms with Gasteiger partial charge >= 0.3 is 0 Å². The molecule has 1 aromatic carbocycles. The molecule has 1 N–H and O–H groups in total. The van der Waals surface area contributed by atoms with Crippen LogP contribution in [0.15, 0.2) is 53.1 Å². The first-order valence-corrected chi connectivity index (χ1v) is 9.43. The maximum Gasteiger partial charge on any atom is 0.286 e. The Morgan fingerprint density at radius 2 is 2.04 bits per heavy atom. The van der Waals surface area contributed by atoms with Crippen LogP contribution in [0.25, 0.3) is 0 Å². The zero-order chi connectivity index (χ0) is 18.4. The smallest absolute Gasteiger partial charge is 0.286 e. The van der Waals surface area contributed by atoms with E-state index in [9.17, 15) is 4.79 Å². The molecule has 3 rings (SSSR count). The first-order chi connectivity index (χ1) is 12.6. The molecule has 26 heavy (non-hydrogen) atoms. The highest BCUT2D eigenvalue weighted by molar-refractivity contribution is 14.1. The van der Waals surface area contributed by atoms with Crippen molar-refractivity contribution in [3.8, 4) is 5.75 Å². The standard InChI is InChI=1S/C19H20IN3O3/c1-14-9-11-22-23(14)12-2-10-21-19(24)18-8-7-17(26-18)13-25-16-5-3-15(20)4-6-16/h3-9,11H,2,10,12-13H2,1H3,(H,21,24). The summed E-state index contributed by atoms with van der Waals surface area (Å²) in [6, 6.07) is 13.1. The minimum atomic E-state index is -0.220. The highest BCUT2D eigenvalue weighted by Crippen LogP contribution is 2.16. The van der Waals surface area contributed by atoms with E-state index >= 15 is 0 Å². The fraction of sp³-hybridized carbons (Fsp3) is 0.263. The Labute approximate surface area is 165 Å². The van der Waals surface area contributed by atoms with Crippen LogP contribution in [0.2, 0.25) is 0 Å². The van der Waals surface area contributed by atoms with Crippen LogP contribution in [0.1, 0.15) is 28.4 Å². The summed E-state index contributed by atoms with van der Waals surface area (Å²) in [4.78, 5) is 12.1. The van der Waals surface area contributed by atoms with Gasteiger partial charge in [-0.3, -0.25) is 9.48 Å². The lowest BCUT2D eigenvalue weighted by Gasteiger charge is -2.06. The summed E-state index contributed by atoms with van der Waals surface area (Å²) in [6.45, 7) is 3.63. The Kier molecular flexibility index (Phi) is 6.32. The summed E-state index contributed by atoms with van der Waals surface area (Å²) in [7, 11) is 0. The van der Waals surface area contributed by atoms with Crippen LogP contribution in [0.5, 0.6) is 5.75 Å². The zero-order valence-electron chi connectivity index (χ0n) is 14.4. The van der Waals surface area contributed by atoms with Crippen LogP contribution in [0.3, 0.4) is 0 Å². The molecule has 0 unspecified atom stereocenters. The first-order valence-electron chi connectivity index (χ1n) is 8.35. The normalized spacial score (nSPS) is 10.7. The van der Waals surface area contributed by atoms with E-state index in [1.54, 1.807) is 18.3 Å². The van der Waals surface area contributed by atoms with E-state index in [4.69, 9.17) is 9.15 Å². The molecule has 0 atom stereocenters. The van der Waals surface area contributed by atoms with Gasteiger partial charge in [0.15, 0.2) is 5.76 Å². The van der Waals surface area contributed by atoms with E-state index in [1.165, 1.54) is 0 Å². The highest BCUT2D eigenvalue weighted by Gasteiger charge is 2.11. The van der Waals surface area contributed by atoms with Crippen molar-refractivity contribution in [1.82, 2.24) is 15.1 Å². The SMILES string of the molecule is Cc1ccnn1CCCNC(=O)c1ccc(COc2ccc(I)cc2)o1. The second kappa shape index (κ2) is 8.88. The average Bonchev–Trinajstić information content (AvgIpc) is 3.27. The molecule has 0 aliphatic carbocycles. The minimum Gasteiger partial charge on any atom is -0.486 e. The number of rotatable bonds is 8. The minimum absolute atomic E-state index is 0.220. The van der Waals surface area contributed by atoms with Crippen molar-refractivity contribution < 1.29 is 13.9 Å². The lowest BCUT2D eigenvalue weighted by Crippen LogP contribution is -2.25. The molecule has 0 radical (unpaired) electrons. The molecule has 0 aliphatic rings. The van der Waals surface area contributed by atoms with Crippen LogP contribution in [0.4, 0.5) is 0 Å². The Morgan fingerprint density at radius 3 is 2.77 bits per heavy atom. The maximum absolute atomic E-state index is 12.1. The number of benzene rings is 1. The Balaban J connectivity index is 1.42. The van der Waals surface area contributed by atoms with Gasteiger partial charge < -0.3 is 14.5 Å². The second-order valence-corrected chi connectivity index (χ2v) is 7.06. The van der Waals surface area contributed by atoms with Gasteiger partial charge in [-0.05, 0) is 78.4 Å². The van der Waals surface area contributed by atoms with E-state index in [0.717, 1.165) is 28.0 Å². The molecule has 0 saturated heterocycles. The number of carbonyl (C=O) groups excluding carboxylic acids is 1. The summed E-state index contributed by atoms with van der Waals surface area (Å²) in [5.74, 6) is 1.45. The lowest BCUT2D eigenvalue weighted by molar-refractivity contribution is 0.0921. The van der Waals surface area contributed by atoms with Crippen molar-refractivity contribution in [3.63, 3.8) is 0 Å². The number of carbonyl (C=O) groups is 1. The number of halogens is 1. The summed E-state index contributed by atoms with van der Waals surface area (Å²) < 4.78 is 14.3. The second-order valence-electron chi connectivity index (χ2n) is 5.81. The van der Waals surface area contributed by atoms with Crippen molar-refractivity contribution in [2.24, 2.45) is 0 Å². The van der Waals surface area contributed by atoms with Gasteiger partial charge in [0, 0.05) is 28.6 Å². The molecule has 1 amide bonds. The Hall–Kier alpha value is -2.29. The van der Waals surface area contributed by atoms with Crippen LogP contribution >= 0.6 is 22.6 Å². The van der Waals surface area contributed by atoms with Crippen molar-refractivity contribution in [3.05, 3.63) is 69.4 Å². The van der Waals surface area contributed by atoms with Crippen molar-refractivity contribution in [1.29, 1.82) is 0 Å². The van der Waals surface area contributed by atoms with Crippen LogP contribution in [-0.2, 0) is 13.2 Å². The number of nitrogens with one attached hydrogen (secondary N) is 1. The molecule has 2 heterocycles. The number of amides is 1. The van der Waals surface area contributed by atoms with Gasteiger partial charge in [0.25, 0.3) is 5.91 Å². The quantitative estimate of drug-likeness (QED) is 0.406. The zero-order valence-corrected chi connectivity index (χ0v) is 16.6. The predicted octanol–water partition coefficient (Wildman–Crippen LogP) is 3.79. The number of hydrogen-bond acceptors (Lipinski definition) is 4. The molecule has 136 valence electrons. The third kappa shape index (κ3) is 5.10. The fourth-order valence-corrected chi connectivity index (χ4v) is 2.77. The van der Waals surface area contributed by atoms with E-state index in [0.29, 0.717) is 18.1 Å². The molecule has 7 heteroatoms. The third-order valence-corrected chi connectivity index (χ3v) is 4.56. The van der Waals surface area contributed by atoms with Crippen LogP contribution in [0, 0.1) is 10.5 Å². The van der Waals surface area contributed by atoms with Crippen LogP contribution < -0.4 is 10.1 Å². The molecule has 0 saturated carbocycles. The number of aromatic nitrogens is 2. The molecule has 0 aliphatic heterocycles. The largest absolute Gasteiger partial charge is 0.486 e. The number of ether oxygens (including phenoxy) is 1. The van der Waals surface area contributed by atoms with Gasteiger partial charge in [-0.15, -0.1) is 0 Å². The maximum atomic E-state index is 12.1. The van der Waals surface area contributed by atoms with Crippen LogP contribution in [-0.4, -0.2) is 22.2 Å². The third-order valence-electron chi connectivity index (χ3n) is 3.84. The monoisotopic (exact) mass is 465 g/mol.